The molecule has 1 heteroatoms. The number of hydrogen-bond acceptors (Lipinski definition) is 0. The smallest absolute Gasteiger partial charge is 1.00 e. The van der Waals surface area contributed by atoms with Crippen molar-refractivity contribution < 1.29 is 19.3 Å². The fraction of sp³-hybridized carbons (Fsp3) is 0.500. The van der Waals surface area contributed by atoms with Gasteiger partial charge in [-0.1, -0.05) is 0 Å². The molecule has 3 aliphatic carbocycles. The van der Waals surface area contributed by atoms with E-state index in [9.17, 15) is 0 Å². The average molecular weight is 262 g/mol. The summed E-state index contributed by atoms with van der Waals surface area (Å²) in [6.07, 6.45) is 24.2. The number of rotatable bonds is 3. The van der Waals surface area contributed by atoms with Gasteiger partial charge in [-0.25, -0.2) is 0 Å². The maximum absolute atomic E-state index is 2.45. The first kappa shape index (κ1) is 11.7. The summed E-state index contributed by atoms with van der Waals surface area (Å²) >= 11 is -1.14. The van der Waals surface area contributed by atoms with E-state index in [4.69, 9.17) is 0 Å². The van der Waals surface area contributed by atoms with Crippen LogP contribution in [-0.2, 0) is 17.9 Å². The Morgan fingerprint density at radius 1 is 0.882 bits per heavy atom. The third kappa shape index (κ3) is 2.58. The van der Waals surface area contributed by atoms with Crippen LogP contribution in [0.15, 0.2) is 44.2 Å². The Hall–Kier alpha value is -0.326. The number of allylic oxidation sites excluding steroid dienone is 8. The Labute approximate surface area is 112 Å². The van der Waals surface area contributed by atoms with E-state index >= 15 is 0 Å². The molecule has 0 heterocycles. The first-order valence-corrected chi connectivity index (χ1v) is 9.50. The van der Waals surface area contributed by atoms with Crippen LogP contribution in [0.1, 0.15) is 46.4 Å². The van der Waals surface area contributed by atoms with Crippen molar-refractivity contribution in [1.82, 2.24) is 0 Å². The SMILES string of the molecule is C1=CC[C]([Ti]([C]2=CC=CC2)[CH]2CCCCC2)=C1.[H-]. The molecular formula is C16H22Ti-. The van der Waals surface area contributed by atoms with Gasteiger partial charge >= 0.3 is 111 Å². The molecule has 17 heavy (non-hydrogen) atoms. The molecule has 0 N–H and O–H groups in total. The van der Waals surface area contributed by atoms with Crippen LogP contribution in [0.3, 0.4) is 0 Å². The van der Waals surface area contributed by atoms with Gasteiger partial charge < -0.3 is 1.43 Å². The zero-order chi connectivity index (χ0) is 11.5. The van der Waals surface area contributed by atoms with Crippen LogP contribution in [0.5, 0.6) is 0 Å². The molecule has 0 spiro atoms. The molecule has 1 fully saturated rings. The summed E-state index contributed by atoms with van der Waals surface area (Å²) in [6.45, 7) is 0. The quantitative estimate of drug-likeness (QED) is 0.616. The molecule has 0 nitrogen and oxygen atoms in total. The molecule has 0 aliphatic heterocycles. The van der Waals surface area contributed by atoms with Crippen LogP contribution in [0.25, 0.3) is 0 Å². The van der Waals surface area contributed by atoms with Crippen LogP contribution in [-0.4, -0.2) is 0 Å². The molecule has 0 atom stereocenters. The maximum Gasteiger partial charge on any atom is -1.00 e. The van der Waals surface area contributed by atoms with Crippen molar-refractivity contribution in [3.05, 3.63) is 44.2 Å². The third-order valence-electron chi connectivity index (χ3n) is 4.25. The molecule has 0 saturated heterocycles. The molecule has 1 saturated carbocycles. The largest absolute Gasteiger partial charge is 1.00 e. The van der Waals surface area contributed by atoms with Crippen LogP contribution >= 0.6 is 0 Å². The van der Waals surface area contributed by atoms with E-state index < -0.39 is 17.9 Å². The third-order valence-corrected chi connectivity index (χ3v) is 9.74. The summed E-state index contributed by atoms with van der Waals surface area (Å²) in [5.41, 5.74) is 0. The van der Waals surface area contributed by atoms with Gasteiger partial charge in [-0.3, -0.25) is 0 Å². The first-order chi connectivity index (χ1) is 8.45. The van der Waals surface area contributed by atoms with Crippen molar-refractivity contribution in [2.45, 2.75) is 49.2 Å². The summed E-state index contributed by atoms with van der Waals surface area (Å²) in [6, 6.07) is 0. The number of hydrogen-bond donors (Lipinski definition) is 0. The molecule has 3 aliphatic rings. The van der Waals surface area contributed by atoms with Crippen LogP contribution < -0.4 is 0 Å². The van der Waals surface area contributed by atoms with Crippen LogP contribution in [0.4, 0.5) is 0 Å². The van der Waals surface area contributed by atoms with Crippen LogP contribution in [0.2, 0.25) is 4.22 Å². The van der Waals surface area contributed by atoms with E-state index in [1.807, 2.05) is 7.76 Å². The van der Waals surface area contributed by atoms with Crippen LogP contribution in [0, 0.1) is 0 Å². The van der Waals surface area contributed by atoms with Gasteiger partial charge in [0, 0.05) is 0 Å². The molecule has 91 valence electrons. The van der Waals surface area contributed by atoms with Crippen molar-refractivity contribution in [3.8, 4) is 0 Å². The second-order valence-electron chi connectivity index (χ2n) is 5.40. The van der Waals surface area contributed by atoms with Gasteiger partial charge in [-0.15, -0.1) is 0 Å². The predicted molar refractivity (Wildman–Crippen MR) is 71.6 cm³/mol. The Kier molecular flexibility index (Phi) is 3.83. The normalized spacial score (nSPS) is 24.0. The minimum Gasteiger partial charge on any atom is -1.00 e. The molecule has 0 radical (unpaired) electrons. The average Bonchev–Trinajstić information content (AvgIpc) is 3.04. The zero-order valence-corrected chi connectivity index (χ0v) is 12.1. The van der Waals surface area contributed by atoms with Gasteiger partial charge in [0.2, 0.25) is 0 Å². The van der Waals surface area contributed by atoms with Crippen molar-refractivity contribution in [2.24, 2.45) is 0 Å². The van der Waals surface area contributed by atoms with E-state index in [0.717, 1.165) is 4.22 Å². The van der Waals surface area contributed by atoms with Crippen molar-refractivity contribution in [1.29, 1.82) is 0 Å². The van der Waals surface area contributed by atoms with Gasteiger partial charge in [0.05, 0.1) is 0 Å². The van der Waals surface area contributed by atoms with Gasteiger partial charge in [-0.2, -0.15) is 0 Å². The minimum absolute atomic E-state index is 0. The Morgan fingerprint density at radius 2 is 1.47 bits per heavy atom. The van der Waals surface area contributed by atoms with Crippen molar-refractivity contribution in [2.75, 3.05) is 0 Å². The van der Waals surface area contributed by atoms with Crippen molar-refractivity contribution in [3.63, 3.8) is 0 Å². The van der Waals surface area contributed by atoms with Gasteiger partial charge in [-0.05, 0) is 0 Å². The predicted octanol–water partition coefficient (Wildman–Crippen LogP) is 5.16. The minimum atomic E-state index is -1.14. The zero-order valence-electron chi connectivity index (χ0n) is 11.5. The molecule has 0 aromatic heterocycles. The van der Waals surface area contributed by atoms with Gasteiger partial charge in [0.1, 0.15) is 0 Å². The summed E-state index contributed by atoms with van der Waals surface area (Å²) in [4.78, 5) is 0. The van der Waals surface area contributed by atoms with E-state index in [2.05, 4.69) is 36.5 Å². The summed E-state index contributed by atoms with van der Waals surface area (Å²) in [5, 5.41) is 0. The summed E-state index contributed by atoms with van der Waals surface area (Å²) in [7, 11) is 0. The van der Waals surface area contributed by atoms with Gasteiger partial charge in [0.15, 0.2) is 0 Å². The topological polar surface area (TPSA) is 0 Å². The standard InChI is InChI=1S/C6H11.2C5H5.Ti.H/c1-2-4-6-5-3-1;2*1-2-4-5-3-1;;/h1H,2-6H2;2*1-3H,4H2;;/q;;;;-1. The van der Waals surface area contributed by atoms with E-state index in [1.165, 1.54) is 44.9 Å². The molecule has 3 rings (SSSR count). The van der Waals surface area contributed by atoms with Crippen molar-refractivity contribution >= 4 is 0 Å². The molecule has 0 unspecified atom stereocenters. The van der Waals surface area contributed by atoms with Gasteiger partial charge in [0.25, 0.3) is 0 Å². The summed E-state index contributed by atoms with van der Waals surface area (Å²) in [5.74, 6) is 0. The summed E-state index contributed by atoms with van der Waals surface area (Å²) < 4.78 is 4.76. The molecular weight excluding hydrogens is 240 g/mol. The fourth-order valence-electron chi connectivity index (χ4n) is 3.42. The van der Waals surface area contributed by atoms with E-state index in [0.29, 0.717) is 0 Å². The Balaban J connectivity index is 0.00000120. The monoisotopic (exact) mass is 262 g/mol. The molecule has 0 amide bonds. The van der Waals surface area contributed by atoms with E-state index in [-0.39, 0.29) is 1.43 Å². The molecule has 0 aromatic carbocycles. The second-order valence-corrected chi connectivity index (χ2v) is 9.97. The fourth-order valence-corrected chi connectivity index (χ4v) is 9.15. The molecule has 0 bridgehead atoms. The Morgan fingerprint density at radius 3 is 1.94 bits per heavy atom. The second kappa shape index (κ2) is 5.54. The van der Waals surface area contributed by atoms with E-state index in [1.54, 1.807) is 0 Å². The maximum atomic E-state index is 2.45. The Bertz CT molecular complexity index is 367. The molecule has 0 aromatic rings. The first-order valence-electron chi connectivity index (χ1n) is 7.04.